The lowest BCUT2D eigenvalue weighted by Gasteiger charge is -2.19. The third-order valence-corrected chi connectivity index (χ3v) is 4.94. The smallest absolute Gasteiger partial charge is 0.261 e. The molecule has 0 unspecified atom stereocenters. The van der Waals surface area contributed by atoms with Crippen LogP contribution in [0.5, 0.6) is 5.75 Å². The van der Waals surface area contributed by atoms with Gasteiger partial charge in [0.1, 0.15) is 11.3 Å². The van der Waals surface area contributed by atoms with E-state index in [0.29, 0.717) is 22.3 Å². The van der Waals surface area contributed by atoms with Gasteiger partial charge >= 0.3 is 0 Å². The molecule has 1 saturated heterocycles. The highest BCUT2D eigenvalue weighted by atomic mass is 16.5. The minimum Gasteiger partial charge on any atom is -0.494 e. The summed E-state index contributed by atoms with van der Waals surface area (Å²) in [5.41, 5.74) is 2.09. The number of nitrogens with one attached hydrogen (secondary N) is 2. The van der Waals surface area contributed by atoms with E-state index in [-0.39, 0.29) is 11.0 Å². The maximum absolute atomic E-state index is 12.7. The molecule has 1 amide bonds. The number of methoxy groups -OCH3 is 1. The average Bonchev–Trinajstić information content (AvgIpc) is 3.23. The molecule has 0 radical (unpaired) electrons. The van der Waals surface area contributed by atoms with Crippen LogP contribution >= 0.6 is 0 Å². The second-order valence-electron chi connectivity index (χ2n) is 6.61. The number of nitrogens with zero attached hydrogens (tertiary/aromatic N) is 1. The van der Waals surface area contributed by atoms with E-state index in [9.17, 15) is 9.59 Å². The summed E-state index contributed by atoms with van der Waals surface area (Å²) >= 11 is 0. The van der Waals surface area contributed by atoms with Gasteiger partial charge in [-0.2, -0.15) is 0 Å². The summed E-state index contributed by atoms with van der Waals surface area (Å²) in [5.74, 6) is 0.110. The van der Waals surface area contributed by atoms with Crippen molar-refractivity contribution in [2.75, 3.05) is 30.4 Å². The SMILES string of the molecule is COc1cc(N2CCCC2)ccc1NC(=O)c1c[nH]c2ccccc2c1=O. The highest BCUT2D eigenvalue weighted by Gasteiger charge is 2.17. The van der Waals surface area contributed by atoms with E-state index in [4.69, 9.17) is 4.74 Å². The number of carbonyl (C=O) groups is 1. The maximum Gasteiger partial charge on any atom is 0.261 e. The number of anilines is 2. The molecule has 1 aliphatic rings. The van der Waals surface area contributed by atoms with Gasteiger partial charge in [-0.05, 0) is 37.1 Å². The Kier molecular flexibility index (Phi) is 4.54. The van der Waals surface area contributed by atoms with E-state index in [2.05, 4.69) is 15.2 Å². The standard InChI is InChI=1S/C21H21N3O3/c1-27-19-12-14(24-10-4-5-11-24)8-9-18(19)23-21(26)16-13-22-17-7-3-2-6-15(17)20(16)25/h2-3,6-9,12-13H,4-5,10-11H2,1H3,(H,22,25)(H,23,26). The zero-order valence-electron chi connectivity index (χ0n) is 15.1. The number of amides is 1. The largest absolute Gasteiger partial charge is 0.494 e. The first-order valence-electron chi connectivity index (χ1n) is 9.02. The van der Waals surface area contributed by atoms with E-state index < -0.39 is 5.91 Å². The molecule has 1 aliphatic heterocycles. The van der Waals surface area contributed by atoms with Crippen LogP contribution in [-0.2, 0) is 0 Å². The molecule has 2 N–H and O–H groups in total. The number of rotatable bonds is 4. The molecule has 6 nitrogen and oxygen atoms in total. The van der Waals surface area contributed by atoms with Crippen molar-refractivity contribution in [3.05, 3.63) is 64.4 Å². The van der Waals surface area contributed by atoms with E-state index in [0.717, 1.165) is 18.8 Å². The van der Waals surface area contributed by atoms with E-state index in [1.807, 2.05) is 24.3 Å². The Balaban J connectivity index is 1.63. The predicted octanol–water partition coefficient (Wildman–Crippen LogP) is 3.39. The van der Waals surface area contributed by atoms with Gasteiger partial charge in [-0.3, -0.25) is 9.59 Å². The molecule has 2 heterocycles. The van der Waals surface area contributed by atoms with Gasteiger partial charge in [0.2, 0.25) is 5.43 Å². The lowest BCUT2D eigenvalue weighted by Crippen LogP contribution is -2.22. The highest BCUT2D eigenvalue weighted by molar-refractivity contribution is 6.06. The van der Waals surface area contributed by atoms with Crippen LogP contribution in [0.15, 0.2) is 53.5 Å². The molecule has 0 spiro atoms. The Bertz CT molecular complexity index is 1050. The summed E-state index contributed by atoms with van der Waals surface area (Å²) in [6.07, 6.45) is 3.82. The first-order valence-corrected chi connectivity index (χ1v) is 9.02. The number of fused-ring (bicyclic) bond motifs is 1. The van der Waals surface area contributed by atoms with Crippen molar-refractivity contribution in [3.8, 4) is 5.75 Å². The summed E-state index contributed by atoms with van der Waals surface area (Å²) in [7, 11) is 1.57. The Morgan fingerprint density at radius 1 is 1.15 bits per heavy atom. The van der Waals surface area contributed by atoms with Gasteiger partial charge in [-0.15, -0.1) is 0 Å². The molecular weight excluding hydrogens is 342 g/mol. The summed E-state index contributed by atoms with van der Waals surface area (Å²) in [4.78, 5) is 30.6. The first kappa shape index (κ1) is 17.1. The van der Waals surface area contributed by atoms with Crippen molar-refractivity contribution in [1.29, 1.82) is 0 Å². The van der Waals surface area contributed by atoms with E-state index >= 15 is 0 Å². The normalized spacial score (nSPS) is 13.7. The number of benzene rings is 2. The lowest BCUT2D eigenvalue weighted by molar-refractivity contribution is 0.102. The van der Waals surface area contributed by atoms with Crippen LogP contribution in [0.4, 0.5) is 11.4 Å². The Morgan fingerprint density at radius 2 is 1.93 bits per heavy atom. The molecule has 6 heteroatoms. The van der Waals surface area contributed by atoms with Gasteiger partial charge in [-0.1, -0.05) is 12.1 Å². The Morgan fingerprint density at radius 3 is 2.70 bits per heavy atom. The van der Waals surface area contributed by atoms with E-state index in [1.54, 1.807) is 25.3 Å². The molecule has 138 valence electrons. The average molecular weight is 363 g/mol. The fourth-order valence-electron chi connectivity index (χ4n) is 3.48. The minimum atomic E-state index is -0.464. The van der Waals surface area contributed by atoms with Crippen molar-refractivity contribution < 1.29 is 9.53 Å². The van der Waals surface area contributed by atoms with Crippen molar-refractivity contribution in [2.24, 2.45) is 0 Å². The van der Waals surface area contributed by atoms with Crippen molar-refractivity contribution >= 4 is 28.2 Å². The number of hydrogen-bond donors (Lipinski definition) is 2. The molecule has 3 aromatic rings. The summed E-state index contributed by atoms with van der Waals surface area (Å²) in [6, 6.07) is 12.8. The minimum absolute atomic E-state index is 0.0689. The number of H-pyrrole nitrogens is 1. The van der Waals surface area contributed by atoms with Crippen molar-refractivity contribution in [1.82, 2.24) is 4.98 Å². The predicted molar refractivity (Wildman–Crippen MR) is 107 cm³/mol. The van der Waals surface area contributed by atoms with Crippen LogP contribution in [0.3, 0.4) is 0 Å². The Hall–Kier alpha value is -3.28. The number of hydrogen-bond acceptors (Lipinski definition) is 4. The second-order valence-corrected chi connectivity index (χ2v) is 6.61. The number of ether oxygens (including phenoxy) is 1. The van der Waals surface area contributed by atoms with Crippen LogP contribution in [0.2, 0.25) is 0 Å². The molecule has 1 aromatic heterocycles. The quantitative estimate of drug-likeness (QED) is 0.745. The van der Waals surface area contributed by atoms with Gasteiger partial charge in [0.05, 0.1) is 12.8 Å². The third kappa shape index (κ3) is 3.26. The molecular formula is C21H21N3O3. The maximum atomic E-state index is 12.7. The summed E-state index contributed by atoms with van der Waals surface area (Å²) in [5, 5.41) is 3.29. The summed E-state index contributed by atoms with van der Waals surface area (Å²) < 4.78 is 5.46. The summed E-state index contributed by atoms with van der Waals surface area (Å²) in [6.45, 7) is 2.06. The monoisotopic (exact) mass is 363 g/mol. The number of aromatic nitrogens is 1. The van der Waals surface area contributed by atoms with E-state index in [1.165, 1.54) is 19.0 Å². The Labute approximate surface area is 156 Å². The number of pyridine rings is 1. The molecule has 0 bridgehead atoms. The van der Waals surface area contributed by atoms with Crippen molar-refractivity contribution in [2.45, 2.75) is 12.8 Å². The third-order valence-electron chi connectivity index (χ3n) is 4.94. The number of carbonyl (C=O) groups excluding carboxylic acids is 1. The second kappa shape index (κ2) is 7.15. The molecule has 2 aromatic carbocycles. The molecule has 0 aliphatic carbocycles. The topological polar surface area (TPSA) is 74.4 Å². The zero-order valence-corrected chi connectivity index (χ0v) is 15.1. The fraction of sp³-hybridized carbons (Fsp3) is 0.238. The molecule has 0 atom stereocenters. The molecule has 27 heavy (non-hydrogen) atoms. The van der Waals surface area contributed by atoms with Crippen LogP contribution in [0, 0.1) is 0 Å². The number of aromatic amines is 1. The van der Waals surface area contributed by atoms with Crippen molar-refractivity contribution in [3.63, 3.8) is 0 Å². The van der Waals surface area contributed by atoms with Gasteiger partial charge in [0.15, 0.2) is 0 Å². The van der Waals surface area contributed by atoms with Crippen LogP contribution < -0.4 is 20.4 Å². The lowest BCUT2D eigenvalue weighted by atomic mass is 10.1. The fourth-order valence-corrected chi connectivity index (χ4v) is 3.48. The first-order chi connectivity index (χ1) is 13.2. The highest BCUT2D eigenvalue weighted by Crippen LogP contribution is 2.31. The van der Waals surface area contributed by atoms with Gasteiger partial charge in [0.25, 0.3) is 5.91 Å². The zero-order chi connectivity index (χ0) is 18.8. The molecule has 1 fully saturated rings. The van der Waals surface area contributed by atoms with Gasteiger partial charge < -0.3 is 19.9 Å². The van der Waals surface area contributed by atoms with Crippen LogP contribution in [0.1, 0.15) is 23.2 Å². The van der Waals surface area contributed by atoms with Crippen LogP contribution in [-0.4, -0.2) is 31.1 Å². The van der Waals surface area contributed by atoms with Gasteiger partial charge in [0, 0.05) is 41.9 Å². The molecule has 4 rings (SSSR count). The number of para-hydroxylation sites is 1. The van der Waals surface area contributed by atoms with Gasteiger partial charge in [-0.25, -0.2) is 0 Å². The van der Waals surface area contributed by atoms with Crippen LogP contribution in [0.25, 0.3) is 10.9 Å². The molecule has 0 saturated carbocycles.